The monoisotopic (exact) mass is 537 g/mol. The van der Waals surface area contributed by atoms with Crippen LogP contribution in [0.1, 0.15) is 40.0 Å². The number of hydrogen-bond donors (Lipinski definition) is 6. The van der Waals surface area contributed by atoms with E-state index in [1.807, 2.05) is 31.2 Å². The first-order valence-electron chi connectivity index (χ1n) is 12.1. The van der Waals surface area contributed by atoms with E-state index in [4.69, 9.17) is 40.1 Å². The van der Waals surface area contributed by atoms with Gasteiger partial charge in [0.1, 0.15) is 34.5 Å². The molecule has 9 heteroatoms. The Morgan fingerprint density at radius 3 is 0.842 bits per heavy atom. The Morgan fingerprint density at radius 2 is 0.684 bits per heavy atom. The van der Waals surface area contributed by atoms with E-state index < -0.39 is 0 Å². The van der Waals surface area contributed by atoms with Crippen molar-refractivity contribution in [2.45, 2.75) is 40.0 Å². The fourth-order valence-electron chi connectivity index (χ4n) is 1.98. The van der Waals surface area contributed by atoms with Crippen LogP contribution in [-0.2, 0) is 5.11 Å². The van der Waals surface area contributed by atoms with E-state index in [0.717, 1.165) is 58.2 Å². The van der Waals surface area contributed by atoms with Crippen molar-refractivity contribution in [3.05, 3.63) is 72.8 Å². The summed E-state index contributed by atoms with van der Waals surface area (Å²) in [6.45, 7) is 7.68. The third-order valence-corrected chi connectivity index (χ3v) is 3.67. The van der Waals surface area contributed by atoms with Gasteiger partial charge in [-0.1, -0.05) is 20.8 Å². The van der Waals surface area contributed by atoms with Gasteiger partial charge in [-0.3, -0.25) is 0 Å². The SMILES string of the molecule is CCCOc1ccc(OCCC)cc1.CCC[O].CO.CO.Oc1ccc(O)cc1.Oc1ccc(O)cc1. The lowest BCUT2D eigenvalue weighted by Gasteiger charge is -2.06. The summed E-state index contributed by atoms with van der Waals surface area (Å²) < 4.78 is 10.9. The van der Waals surface area contributed by atoms with Crippen molar-refractivity contribution in [1.29, 1.82) is 0 Å². The minimum Gasteiger partial charge on any atom is -0.508 e. The van der Waals surface area contributed by atoms with Gasteiger partial charge in [0.25, 0.3) is 0 Å². The Bertz CT molecular complexity index is 723. The molecule has 3 aromatic rings. The zero-order valence-electron chi connectivity index (χ0n) is 23.1. The molecule has 0 aliphatic heterocycles. The summed E-state index contributed by atoms with van der Waals surface area (Å²) in [4.78, 5) is 0. The Balaban J connectivity index is -0.000000441. The van der Waals surface area contributed by atoms with Gasteiger partial charge in [-0.25, -0.2) is 5.11 Å². The van der Waals surface area contributed by atoms with Gasteiger partial charge >= 0.3 is 0 Å². The van der Waals surface area contributed by atoms with Gasteiger partial charge in [0.05, 0.1) is 19.8 Å². The van der Waals surface area contributed by atoms with Crippen LogP contribution in [0.5, 0.6) is 34.5 Å². The van der Waals surface area contributed by atoms with Gasteiger partial charge in [0.2, 0.25) is 0 Å². The van der Waals surface area contributed by atoms with Crippen LogP contribution in [0.25, 0.3) is 0 Å². The van der Waals surface area contributed by atoms with Gasteiger partial charge < -0.3 is 40.1 Å². The molecule has 0 aliphatic rings. The second kappa shape index (κ2) is 29.6. The Morgan fingerprint density at radius 1 is 0.474 bits per heavy atom. The van der Waals surface area contributed by atoms with Crippen LogP contribution >= 0.6 is 0 Å². The van der Waals surface area contributed by atoms with E-state index in [-0.39, 0.29) is 29.6 Å². The number of aliphatic hydroxyl groups is 2. The lowest BCUT2D eigenvalue weighted by molar-refractivity contribution is 0.193. The van der Waals surface area contributed by atoms with Crippen molar-refractivity contribution in [2.24, 2.45) is 0 Å². The lowest BCUT2D eigenvalue weighted by atomic mass is 10.3. The van der Waals surface area contributed by atoms with E-state index >= 15 is 0 Å². The molecule has 0 fully saturated rings. The topological polar surface area (TPSA) is 160 Å². The van der Waals surface area contributed by atoms with Gasteiger partial charge in [-0.15, -0.1) is 0 Å². The minimum absolute atomic E-state index is 0.0694. The molecular formula is C29H45O9. The first-order valence-corrected chi connectivity index (χ1v) is 12.1. The standard InChI is InChI=1S/C12H18O2.2C6H6O2.C3H7O.2CH4O/c1-3-9-13-11-5-7-12(8-6-11)14-10-4-2;2*7-5-1-2-6(8)4-3-5;1-2-3-4;2*1-2/h5-8H,3-4,9-10H2,1-2H3;2*1-4,7-8H;2-3H2,1H3;2*2H,1H3. The molecule has 0 saturated heterocycles. The van der Waals surface area contributed by atoms with E-state index in [1.54, 1.807) is 0 Å². The quantitative estimate of drug-likeness (QED) is 0.215. The van der Waals surface area contributed by atoms with Crippen molar-refractivity contribution >= 4 is 0 Å². The summed E-state index contributed by atoms with van der Waals surface area (Å²) in [6, 6.07) is 19.2. The summed E-state index contributed by atoms with van der Waals surface area (Å²) in [5, 5.41) is 57.9. The van der Waals surface area contributed by atoms with Crippen molar-refractivity contribution in [2.75, 3.05) is 34.0 Å². The molecule has 0 atom stereocenters. The number of benzene rings is 3. The normalized spacial score (nSPS) is 8.53. The number of aliphatic hydroxyl groups excluding tert-OH is 2. The molecule has 9 nitrogen and oxygen atoms in total. The number of aromatic hydroxyl groups is 4. The maximum atomic E-state index is 9.30. The smallest absolute Gasteiger partial charge is 0.119 e. The molecule has 3 rings (SSSR count). The van der Waals surface area contributed by atoms with Gasteiger partial charge in [-0.2, -0.15) is 0 Å². The zero-order chi connectivity index (χ0) is 29.6. The summed E-state index contributed by atoms with van der Waals surface area (Å²) in [7, 11) is 2.00. The number of hydrogen-bond acceptors (Lipinski definition) is 8. The number of phenolic OH excluding ortho intramolecular Hbond substituents is 4. The molecule has 1 radical (unpaired) electrons. The fourth-order valence-corrected chi connectivity index (χ4v) is 1.98. The van der Waals surface area contributed by atoms with Crippen LogP contribution in [0.15, 0.2) is 72.8 Å². The van der Waals surface area contributed by atoms with Gasteiger partial charge in [-0.05, 0) is 92.1 Å². The molecule has 0 unspecified atom stereocenters. The minimum atomic E-state index is 0.0694. The first-order chi connectivity index (χ1) is 18.4. The molecule has 0 aliphatic carbocycles. The molecule has 0 saturated carbocycles. The summed E-state index contributed by atoms with van der Waals surface area (Å²) in [6.07, 6.45) is 2.84. The molecule has 0 aromatic heterocycles. The average Bonchev–Trinajstić information content (AvgIpc) is 2.97. The van der Waals surface area contributed by atoms with Gasteiger partial charge in [0.15, 0.2) is 0 Å². The molecule has 0 bridgehead atoms. The highest BCUT2D eigenvalue weighted by Crippen LogP contribution is 2.18. The molecule has 38 heavy (non-hydrogen) atoms. The average molecular weight is 538 g/mol. The van der Waals surface area contributed by atoms with Crippen molar-refractivity contribution in [1.82, 2.24) is 0 Å². The van der Waals surface area contributed by atoms with Crippen LogP contribution in [0.4, 0.5) is 0 Å². The molecule has 6 N–H and O–H groups in total. The van der Waals surface area contributed by atoms with Crippen LogP contribution in [0.3, 0.4) is 0 Å². The molecule has 3 aromatic carbocycles. The number of phenols is 4. The number of rotatable bonds is 7. The van der Waals surface area contributed by atoms with E-state index in [1.165, 1.54) is 48.5 Å². The lowest BCUT2D eigenvalue weighted by Crippen LogP contribution is -1.96. The predicted molar refractivity (Wildman–Crippen MR) is 150 cm³/mol. The van der Waals surface area contributed by atoms with Crippen molar-refractivity contribution in [3.8, 4) is 34.5 Å². The van der Waals surface area contributed by atoms with E-state index in [2.05, 4.69) is 13.8 Å². The maximum Gasteiger partial charge on any atom is 0.119 e. The Kier molecular flexibility index (Phi) is 30.2. The first kappa shape index (κ1) is 38.9. The van der Waals surface area contributed by atoms with Crippen molar-refractivity contribution < 1.29 is 45.2 Å². The molecule has 215 valence electrons. The highest BCUT2D eigenvalue weighted by Gasteiger charge is 1.94. The second-order valence-corrected chi connectivity index (χ2v) is 6.91. The fraction of sp³-hybridized carbons (Fsp3) is 0.379. The van der Waals surface area contributed by atoms with E-state index in [9.17, 15) is 5.11 Å². The Labute approximate surface area is 226 Å². The second-order valence-electron chi connectivity index (χ2n) is 6.91. The van der Waals surface area contributed by atoms with Crippen LogP contribution in [-0.4, -0.2) is 64.7 Å². The highest BCUT2D eigenvalue weighted by atomic mass is 16.5. The zero-order valence-corrected chi connectivity index (χ0v) is 23.1. The summed E-state index contributed by atoms with van der Waals surface area (Å²) >= 11 is 0. The third kappa shape index (κ3) is 25.4. The molecule has 0 spiro atoms. The maximum absolute atomic E-state index is 9.30. The number of ether oxygens (including phenoxy) is 2. The third-order valence-electron chi connectivity index (χ3n) is 3.67. The molecule has 0 heterocycles. The molecule has 0 amide bonds. The van der Waals surface area contributed by atoms with Crippen LogP contribution in [0, 0.1) is 0 Å². The van der Waals surface area contributed by atoms with Crippen LogP contribution < -0.4 is 9.47 Å². The summed E-state index contributed by atoms with van der Waals surface area (Å²) in [5.41, 5.74) is 0. The highest BCUT2D eigenvalue weighted by molar-refractivity contribution is 5.31. The predicted octanol–water partition coefficient (Wildman–Crippen LogP) is 5.50. The van der Waals surface area contributed by atoms with Gasteiger partial charge in [0, 0.05) is 14.2 Å². The van der Waals surface area contributed by atoms with Crippen LogP contribution in [0.2, 0.25) is 0 Å². The summed E-state index contributed by atoms with van der Waals surface area (Å²) in [5.74, 6) is 2.50. The largest absolute Gasteiger partial charge is 0.508 e. The van der Waals surface area contributed by atoms with Crippen molar-refractivity contribution in [3.63, 3.8) is 0 Å². The Hall–Kier alpha value is -3.66. The van der Waals surface area contributed by atoms with E-state index in [0.29, 0.717) is 0 Å². The molecular weight excluding hydrogens is 492 g/mol.